The smallest absolute Gasteiger partial charge is 0.115 e. The van der Waals surface area contributed by atoms with Crippen molar-refractivity contribution in [3.8, 4) is 5.75 Å². The number of hydrogen-bond donors (Lipinski definition) is 1. The molecule has 3 heteroatoms. The summed E-state index contributed by atoms with van der Waals surface area (Å²) >= 11 is 0. The number of benzene rings is 1. The molecule has 1 N–H and O–H groups in total. The maximum Gasteiger partial charge on any atom is 0.115 e. The first-order chi connectivity index (χ1) is 8.81. The highest BCUT2D eigenvalue weighted by molar-refractivity contribution is 5.27. The van der Waals surface area contributed by atoms with Gasteiger partial charge in [0, 0.05) is 25.7 Å². The normalized spacial score (nSPS) is 22.9. The second kappa shape index (κ2) is 5.29. The lowest BCUT2D eigenvalue weighted by Gasteiger charge is -2.46. The first kappa shape index (κ1) is 12.0. The zero-order valence-corrected chi connectivity index (χ0v) is 10.9. The molecule has 0 atom stereocenters. The summed E-state index contributed by atoms with van der Waals surface area (Å²) in [7, 11) is 0. The summed E-state index contributed by atoms with van der Waals surface area (Å²) in [5.74, 6) is 0.376. The number of phenolic OH excluding ortho intramolecular Hbond substituents is 1. The van der Waals surface area contributed by atoms with Crippen molar-refractivity contribution >= 4 is 0 Å². The fourth-order valence-corrected chi connectivity index (χ4v) is 3.10. The molecule has 0 aliphatic carbocycles. The van der Waals surface area contributed by atoms with E-state index < -0.39 is 0 Å². The van der Waals surface area contributed by atoms with Gasteiger partial charge in [-0.05, 0) is 43.6 Å². The van der Waals surface area contributed by atoms with Gasteiger partial charge in [-0.15, -0.1) is 0 Å². The average Bonchev–Trinajstić information content (AvgIpc) is 2.34. The van der Waals surface area contributed by atoms with Gasteiger partial charge in [0.1, 0.15) is 5.75 Å². The Morgan fingerprint density at radius 1 is 1.11 bits per heavy atom. The van der Waals surface area contributed by atoms with Crippen LogP contribution >= 0.6 is 0 Å². The highest BCUT2D eigenvalue weighted by Crippen LogP contribution is 2.22. The number of aromatic hydroxyl groups is 1. The Kier molecular flexibility index (Phi) is 3.52. The number of likely N-dealkylation sites (tertiary alicyclic amines) is 2. The van der Waals surface area contributed by atoms with Crippen LogP contribution in [0.3, 0.4) is 0 Å². The third-order valence-electron chi connectivity index (χ3n) is 4.16. The van der Waals surface area contributed by atoms with Gasteiger partial charge in [-0.2, -0.15) is 0 Å². The van der Waals surface area contributed by atoms with Gasteiger partial charge >= 0.3 is 0 Å². The second-order valence-corrected chi connectivity index (χ2v) is 5.61. The van der Waals surface area contributed by atoms with Crippen LogP contribution in [-0.2, 0) is 6.54 Å². The first-order valence-corrected chi connectivity index (χ1v) is 7.05. The van der Waals surface area contributed by atoms with Crippen molar-refractivity contribution in [2.45, 2.75) is 31.8 Å². The van der Waals surface area contributed by atoms with E-state index in [0.717, 1.165) is 12.6 Å². The van der Waals surface area contributed by atoms with Crippen LogP contribution in [0.15, 0.2) is 24.3 Å². The Morgan fingerprint density at radius 3 is 2.61 bits per heavy atom. The van der Waals surface area contributed by atoms with Crippen LogP contribution < -0.4 is 0 Å². The Hall–Kier alpha value is -1.06. The summed E-state index contributed by atoms with van der Waals surface area (Å²) in [5.41, 5.74) is 1.21. The fourth-order valence-electron chi connectivity index (χ4n) is 3.10. The molecule has 0 aromatic heterocycles. The summed E-state index contributed by atoms with van der Waals surface area (Å²) in [6.45, 7) is 5.94. The van der Waals surface area contributed by atoms with E-state index in [9.17, 15) is 5.11 Å². The SMILES string of the molecule is Oc1cccc(CN2CC(N3CCCCC3)C2)c1. The van der Waals surface area contributed by atoms with Crippen LogP contribution in [-0.4, -0.2) is 47.1 Å². The molecule has 3 rings (SSSR count). The summed E-state index contributed by atoms with van der Waals surface area (Å²) in [4.78, 5) is 5.12. The minimum absolute atomic E-state index is 0.376. The van der Waals surface area contributed by atoms with Crippen molar-refractivity contribution in [1.82, 2.24) is 9.80 Å². The molecule has 2 fully saturated rings. The average molecular weight is 246 g/mol. The van der Waals surface area contributed by atoms with Gasteiger partial charge in [0.2, 0.25) is 0 Å². The van der Waals surface area contributed by atoms with E-state index in [1.54, 1.807) is 6.07 Å². The van der Waals surface area contributed by atoms with Crippen LogP contribution in [0.1, 0.15) is 24.8 Å². The van der Waals surface area contributed by atoms with E-state index >= 15 is 0 Å². The van der Waals surface area contributed by atoms with E-state index in [1.165, 1.54) is 51.0 Å². The topological polar surface area (TPSA) is 26.7 Å². The van der Waals surface area contributed by atoms with Gasteiger partial charge in [-0.25, -0.2) is 0 Å². The van der Waals surface area contributed by atoms with E-state index in [2.05, 4.69) is 15.9 Å². The zero-order valence-electron chi connectivity index (χ0n) is 10.9. The Labute approximate surface area is 109 Å². The quantitative estimate of drug-likeness (QED) is 0.884. The lowest BCUT2D eigenvalue weighted by atomic mass is 10.0. The molecule has 2 saturated heterocycles. The largest absolute Gasteiger partial charge is 0.508 e. The lowest BCUT2D eigenvalue weighted by molar-refractivity contribution is 0.0185. The Morgan fingerprint density at radius 2 is 1.89 bits per heavy atom. The maximum atomic E-state index is 9.45. The summed E-state index contributed by atoms with van der Waals surface area (Å²) in [6.07, 6.45) is 4.17. The third-order valence-corrected chi connectivity index (χ3v) is 4.16. The van der Waals surface area contributed by atoms with E-state index in [-0.39, 0.29) is 0 Å². The third kappa shape index (κ3) is 2.68. The Bertz CT molecular complexity index is 395. The number of phenols is 1. The molecule has 0 bridgehead atoms. The van der Waals surface area contributed by atoms with Crippen molar-refractivity contribution < 1.29 is 5.11 Å². The standard InChI is InChI=1S/C15H22N2O/c18-15-6-4-5-13(9-15)10-16-11-14(12-16)17-7-2-1-3-8-17/h4-6,9,14,18H,1-3,7-8,10-12H2. The van der Waals surface area contributed by atoms with Crippen LogP contribution in [0.4, 0.5) is 0 Å². The van der Waals surface area contributed by atoms with E-state index in [1.807, 2.05) is 12.1 Å². The van der Waals surface area contributed by atoms with E-state index in [0.29, 0.717) is 5.75 Å². The van der Waals surface area contributed by atoms with Gasteiger partial charge < -0.3 is 5.11 Å². The summed E-state index contributed by atoms with van der Waals surface area (Å²) in [6, 6.07) is 8.40. The van der Waals surface area contributed by atoms with Crippen molar-refractivity contribution in [3.05, 3.63) is 29.8 Å². The predicted molar refractivity (Wildman–Crippen MR) is 72.6 cm³/mol. The molecule has 0 radical (unpaired) electrons. The minimum atomic E-state index is 0.376. The molecular formula is C15H22N2O. The number of rotatable bonds is 3. The molecule has 0 amide bonds. The maximum absolute atomic E-state index is 9.45. The summed E-state index contributed by atoms with van der Waals surface area (Å²) in [5, 5.41) is 9.45. The van der Waals surface area contributed by atoms with Gasteiger partial charge in [0.15, 0.2) is 0 Å². The van der Waals surface area contributed by atoms with Crippen molar-refractivity contribution in [1.29, 1.82) is 0 Å². The first-order valence-electron chi connectivity index (χ1n) is 7.05. The zero-order chi connectivity index (χ0) is 12.4. The molecule has 3 nitrogen and oxygen atoms in total. The predicted octanol–water partition coefficient (Wildman–Crippen LogP) is 2.06. The highest BCUT2D eigenvalue weighted by Gasteiger charge is 2.31. The van der Waals surface area contributed by atoms with Crippen LogP contribution in [0.5, 0.6) is 5.75 Å². The van der Waals surface area contributed by atoms with Crippen LogP contribution in [0, 0.1) is 0 Å². The van der Waals surface area contributed by atoms with Gasteiger partial charge in [-0.1, -0.05) is 18.6 Å². The molecular weight excluding hydrogens is 224 g/mol. The molecule has 0 spiro atoms. The molecule has 2 aliphatic rings. The molecule has 1 aromatic carbocycles. The molecule has 2 heterocycles. The molecule has 2 aliphatic heterocycles. The van der Waals surface area contributed by atoms with Crippen molar-refractivity contribution in [2.24, 2.45) is 0 Å². The van der Waals surface area contributed by atoms with Crippen LogP contribution in [0.25, 0.3) is 0 Å². The molecule has 0 saturated carbocycles. The summed E-state index contributed by atoms with van der Waals surface area (Å²) < 4.78 is 0. The number of nitrogens with zero attached hydrogens (tertiary/aromatic N) is 2. The lowest BCUT2D eigenvalue weighted by Crippen LogP contribution is -2.59. The second-order valence-electron chi connectivity index (χ2n) is 5.61. The molecule has 1 aromatic rings. The fraction of sp³-hybridized carbons (Fsp3) is 0.600. The Balaban J connectivity index is 1.47. The molecule has 0 unspecified atom stereocenters. The molecule has 18 heavy (non-hydrogen) atoms. The monoisotopic (exact) mass is 246 g/mol. The van der Waals surface area contributed by atoms with Gasteiger partial charge in [-0.3, -0.25) is 9.80 Å². The minimum Gasteiger partial charge on any atom is -0.508 e. The van der Waals surface area contributed by atoms with Crippen LogP contribution in [0.2, 0.25) is 0 Å². The van der Waals surface area contributed by atoms with Gasteiger partial charge in [0.05, 0.1) is 0 Å². The number of hydrogen-bond acceptors (Lipinski definition) is 3. The van der Waals surface area contributed by atoms with Crippen molar-refractivity contribution in [3.63, 3.8) is 0 Å². The highest BCUT2D eigenvalue weighted by atomic mass is 16.3. The number of piperidine rings is 1. The molecule has 98 valence electrons. The van der Waals surface area contributed by atoms with E-state index in [4.69, 9.17) is 0 Å². The van der Waals surface area contributed by atoms with Crippen molar-refractivity contribution in [2.75, 3.05) is 26.2 Å². The van der Waals surface area contributed by atoms with Gasteiger partial charge in [0.25, 0.3) is 0 Å².